The predicted octanol–water partition coefficient (Wildman–Crippen LogP) is 4.91. The first kappa shape index (κ1) is 14.0. The van der Waals surface area contributed by atoms with E-state index in [1.54, 1.807) is 0 Å². The van der Waals surface area contributed by atoms with E-state index in [1.165, 1.54) is 5.56 Å². The molecule has 0 atom stereocenters. The summed E-state index contributed by atoms with van der Waals surface area (Å²) in [7, 11) is 0. The molecular weight excluding hydrogens is 300 g/mol. The standard InChI is InChI=1S/C17H17BrO/c1-10-5-6-14(11(2)7-10)17(19)15-8-13(4)16(18)9-12(15)3/h5-9H,1-4H3. The quantitative estimate of drug-likeness (QED) is 0.719. The number of hydrogen-bond acceptors (Lipinski definition) is 1. The topological polar surface area (TPSA) is 17.1 Å². The van der Waals surface area contributed by atoms with E-state index in [-0.39, 0.29) is 5.78 Å². The second kappa shape index (κ2) is 5.30. The van der Waals surface area contributed by atoms with Crippen molar-refractivity contribution in [2.24, 2.45) is 0 Å². The monoisotopic (exact) mass is 316 g/mol. The van der Waals surface area contributed by atoms with E-state index >= 15 is 0 Å². The van der Waals surface area contributed by atoms with Gasteiger partial charge >= 0.3 is 0 Å². The third kappa shape index (κ3) is 2.79. The Hall–Kier alpha value is -1.41. The van der Waals surface area contributed by atoms with E-state index < -0.39 is 0 Å². The molecule has 0 radical (unpaired) electrons. The van der Waals surface area contributed by atoms with Gasteiger partial charge in [0.25, 0.3) is 0 Å². The summed E-state index contributed by atoms with van der Waals surface area (Å²) in [5, 5.41) is 0. The van der Waals surface area contributed by atoms with Crippen LogP contribution in [0.3, 0.4) is 0 Å². The summed E-state index contributed by atoms with van der Waals surface area (Å²) in [5.41, 5.74) is 5.87. The Labute approximate surface area is 122 Å². The van der Waals surface area contributed by atoms with Crippen LogP contribution in [0.2, 0.25) is 0 Å². The van der Waals surface area contributed by atoms with E-state index in [0.717, 1.165) is 32.3 Å². The second-order valence-corrected chi connectivity index (χ2v) is 5.92. The van der Waals surface area contributed by atoms with E-state index in [1.807, 2.05) is 58.0 Å². The predicted molar refractivity (Wildman–Crippen MR) is 83.0 cm³/mol. The SMILES string of the molecule is Cc1ccc(C(=O)c2cc(C)c(Br)cc2C)c(C)c1. The molecule has 0 aromatic heterocycles. The van der Waals surface area contributed by atoms with Gasteiger partial charge in [-0.25, -0.2) is 0 Å². The highest BCUT2D eigenvalue weighted by atomic mass is 79.9. The lowest BCUT2D eigenvalue weighted by Gasteiger charge is -2.10. The third-order valence-corrected chi connectivity index (χ3v) is 4.23. The highest BCUT2D eigenvalue weighted by Crippen LogP contribution is 2.24. The first-order valence-corrected chi connectivity index (χ1v) is 7.08. The van der Waals surface area contributed by atoms with Crippen molar-refractivity contribution < 1.29 is 4.79 Å². The molecule has 0 saturated heterocycles. The molecule has 0 unspecified atom stereocenters. The van der Waals surface area contributed by atoms with Crippen LogP contribution >= 0.6 is 15.9 Å². The second-order valence-electron chi connectivity index (χ2n) is 5.06. The molecule has 0 aliphatic heterocycles. The van der Waals surface area contributed by atoms with Gasteiger partial charge in [-0.1, -0.05) is 39.7 Å². The fourth-order valence-corrected chi connectivity index (χ4v) is 2.70. The van der Waals surface area contributed by atoms with Crippen molar-refractivity contribution in [2.45, 2.75) is 27.7 Å². The van der Waals surface area contributed by atoms with Crippen molar-refractivity contribution in [3.05, 3.63) is 68.2 Å². The zero-order valence-electron chi connectivity index (χ0n) is 11.7. The molecule has 0 saturated carbocycles. The number of carbonyl (C=O) groups excluding carboxylic acids is 1. The van der Waals surface area contributed by atoms with Gasteiger partial charge in [0.1, 0.15) is 0 Å². The Bertz CT molecular complexity index is 657. The lowest BCUT2D eigenvalue weighted by molar-refractivity contribution is 0.103. The van der Waals surface area contributed by atoms with Crippen LogP contribution in [0, 0.1) is 27.7 Å². The summed E-state index contributed by atoms with van der Waals surface area (Å²) in [6, 6.07) is 9.92. The molecule has 0 spiro atoms. The first-order valence-electron chi connectivity index (χ1n) is 6.29. The van der Waals surface area contributed by atoms with Gasteiger partial charge in [-0.15, -0.1) is 0 Å². The summed E-state index contributed by atoms with van der Waals surface area (Å²) < 4.78 is 1.04. The lowest BCUT2D eigenvalue weighted by Crippen LogP contribution is -2.06. The number of benzene rings is 2. The summed E-state index contributed by atoms with van der Waals surface area (Å²) in [6.45, 7) is 8.00. The minimum absolute atomic E-state index is 0.102. The van der Waals surface area contributed by atoms with E-state index in [2.05, 4.69) is 15.9 Å². The largest absolute Gasteiger partial charge is 0.289 e. The molecule has 2 rings (SSSR count). The summed E-state index contributed by atoms with van der Waals surface area (Å²) in [5.74, 6) is 0.102. The van der Waals surface area contributed by atoms with E-state index in [0.29, 0.717) is 0 Å². The van der Waals surface area contributed by atoms with Gasteiger partial charge in [-0.2, -0.15) is 0 Å². The Kier molecular flexibility index (Phi) is 3.91. The van der Waals surface area contributed by atoms with Crippen LogP contribution < -0.4 is 0 Å². The number of carbonyl (C=O) groups is 1. The molecule has 1 nitrogen and oxygen atoms in total. The van der Waals surface area contributed by atoms with Crippen LogP contribution in [0.1, 0.15) is 38.2 Å². The van der Waals surface area contributed by atoms with Gasteiger partial charge < -0.3 is 0 Å². The summed E-state index contributed by atoms with van der Waals surface area (Å²) >= 11 is 3.50. The van der Waals surface area contributed by atoms with Gasteiger partial charge in [-0.05, 0) is 56.5 Å². The molecule has 0 bridgehead atoms. The van der Waals surface area contributed by atoms with Crippen LogP contribution in [0.4, 0.5) is 0 Å². The molecule has 2 heteroatoms. The van der Waals surface area contributed by atoms with Crippen molar-refractivity contribution in [1.82, 2.24) is 0 Å². The molecular formula is C17H17BrO. The Balaban J connectivity index is 2.53. The number of halogens is 1. The first-order chi connectivity index (χ1) is 8.90. The molecule has 0 aliphatic rings. The normalized spacial score (nSPS) is 10.6. The molecule has 98 valence electrons. The van der Waals surface area contributed by atoms with Gasteiger partial charge in [-0.3, -0.25) is 4.79 Å². The minimum Gasteiger partial charge on any atom is -0.289 e. The van der Waals surface area contributed by atoms with Crippen molar-refractivity contribution in [2.75, 3.05) is 0 Å². The molecule has 0 heterocycles. The maximum Gasteiger partial charge on any atom is 0.193 e. The zero-order valence-corrected chi connectivity index (χ0v) is 13.3. The van der Waals surface area contributed by atoms with Crippen molar-refractivity contribution in [3.63, 3.8) is 0 Å². The van der Waals surface area contributed by atoms with Crippen LogP contribution in [-0.2, 0) is 0 Å². The summed E-state index contributed by atoms with van der Waals surface area (Å²) in [6.07, 6.45) is 0. The molecule has 0 N–H and O–H groups in total. The maximum absolute atomic E-state index is 12.6. The summed E-state index contributed by atoms with van der Waals surface area (Å²) in [4.78, 5) is 12.6. The highest BCUT2D eigenvalue weighted by Gasteiger charge is 2.15. The van der Waals surface area contributed by atoms with Crippen molar-refractivity contribution >= 4 is 21.7 Å². The van der Waals surface area contributed by atoms with Crippen LogP contribution in [0.25, 0.3) is 0 Å². The van der Waals surface area contributed by atoms with Gasteiger partial charge in [0.15, 0.2) is 5.78 Å². The molecule has 2 aromatic rings. The minimum atomic E-state index is 0.102. The number of hydrogen-bond donors (Lipinski definition) is 0. The Morgan fingerprint density at radius 2 is 1.47 bits per heavy atom. The number of aryl methyl sites for hydroxylation is 4. The van der Waals surface area contributed by atoms with Gasteiger partial charge in [0.05, 0.1) is 0 Å². The van der Waals surface area contributed by atoms with E-state index in [9.17, 15) is 4.79 Å². The molecule has 2 aromatic carbocycles. The molecule has 0 fully saturated rings. The van der Waals surface area contributed by atoms with Crippen LogP contribution in [0.5, 0.6) is 0 Å². The van der Waals surface area contributed by atoms with E-state index in [4.69, 9.17) is 0 Å². The smallest absolute Gasteiger partial charge is 0.193 e. The Morgan fingerprint density at radius 3 is 2.11 bits per heavy atom. The highest BCUT2D eigenvalue weighted by molar-refractivity contribution is 9.10. The van der Waals surface area contributed by atoms with Crippen molar-refractivity contribution in [1.29, 1.82) is 0 Å². The fourth-order valence-electron chi connectivity index (χ4n) is 2.24. The number of rotatable bonds is 2. The lowest BCUT2D eigenvalue weighted by atomic mass is 9.94. The van der Waals surface area contributed by atoms with Crippen LogP contribution in [0.15, 0.2) is 34.8 Å². The molecule has 0 aliphatic carbocycles. The van der Waals surface area contributed by atoms with Gasteiger partial charge in [0.2, 0.25) is 0 Å². The molecule has 19 heavy (non-hydrogen) atoms. The van der Waals surface area contributed by atoms with Gasteiger partial charge in [0, 0.05) is 15.6 Å². The number of ketones is 1. The average Bonchev–Trinajstić information content (AvgIpc) is 2.33. The average molecular weight is 317 g/mol. The van der Waals surface area contributed by atoms with Crippen molar-refractivity contribution in [3.8, 4) is 0 Å². The Morgan fingerprint density at radius 1 is 0.842 bits per heavy atom. The fraction of sp³-hybridized carbons (Fsp3) is 0.235. The van der Waals surface area contributed by atoms with Crippen LogP contribution in [-0.4, -0.2) is 5.78 Å². The maximum atomic E-state index is 12.6. The third-order valence-electron chi connectivity index (χ3n) is 3.38. The molecule has 0 amide bonds. The zero-order chi connectivity index (χ0) is 14.2.